The van der Waals surface area contributed by atoms with E-state index < -0.39 is 0 Å². The SMILES string of the molecule is CCCCCC[C@H](CC(C)=O)n1[nH]c(=O)cc1C. The predicted molar refractivity (Wildman–Crippen MR) is 72.9 cm³/mol. The van der Waals surface area contributed by atoms with Gasteiger partial charge in [-0.2, -0.15) is 0 Å². The van der Waals surface area contributed by atoms with Crippen molar-refractivity contribution in [3.05, 3.63) is 22.1 Å². The molecule has 1 N–H and O–H groups in total. The van der Waals surface area contributed by atoms with Gasteiger partial charge in [0.25, 0.3) is 5.56 Å². The standard InChI is InChI=1S/C14H24N2O2/c1-4-5-6-7-8-13(10-12(3)17)16-11(2)9-14(18)15-16/h9,13H,4-8,10H2,1-3H3,(H,15,18)/t13-/m1/s1. The third kappa shape index (κ3) is 4.51. The fraction of sp³-hybridized carbons (Fsp3) is 0.714. The minimum atomic E-state index is -0.0883. The molecule has 1 rings (SSSR count). The first-order valence-electron chi connectivity index (χ1n) is 6.82. The highest BCUT2D eigenvalue weighted by Gasteiger charge is 2.15. The molecule has 0 saturated carbocycles. The van der Waals surface area contributed by atoms with Crippen LogP contribution in [0.1, 0.15) is 64.1 Å². The third-order valence-electron chi connectivity index (χ3n) is 3.23. The first-order chi connectivity index (χ1) is 8.54. The largest absolute Gasteiger partial charge is 0.300 e. The van der Waals surface area contributed by atoms with Gasteiger partial charge in [-0.25, -0.2) is 0 Å². The topological polar surface area (TPSA) is 54.9 Å². The Morgan fingerprint density at radius 1 is 1.39 bits per heavy atom. The van der Waals surface area contributed by atoms with Crippen LogP contribution in [0.15, 0.2) is 10.9 Å². The minimum absolute atomic E-state index is 0.0883. The highest BCUT2D eigenvalue weighted by atomic mass is 16.1. The lowest BCUT2D eigenvalue weighted by atomic mass is 10.0. The van der Waals surface area contributed by atoms with E-state index in [1.807, 2.05) is 11.6 Å². The van der Waals surface area contributed by atoms with E-state index >= 15 is 0 Å². The number of aryl methyl sites for hydroxylation is 1. The molecule has 0 amide bonds. The number of rotatable bonds is 8. The van der Waals surface area contributed by atoms with Crippen LogP contribution in [0.5, 0.6) is 0 Å². The first kappa shape index (κ1) is 14.7. The number of H-pyrrole nitrogens is 1. The third-order valence-corrected chi connectivity index (χ3v) is 3.23. The molecule has 0 bridgehead atoms. The zero-order valence-electron chi connectivity index (χ0n) is 11.7. The Kier molecular flexibility index (Phi) is 5.89. The molecule has 4 nitrogen and oxygen atoms in total. The van der Waals surface area contributed by atoms with Gasteiger partial charge in [0, 0.05) is 18.2 Å². The fourth-order valence-electron chi connectivity index (χ4n) is 2.34. The Labute approximate surface area is 108 Å². The van der Waals surface area contributed by atoms with Gasteiger partial charge < -0.3 is 0 Å². The zero-order chi connectivity index (χ0) is 13.5. The summed E-state index contributed by atoms with van der Waals surface area (Å²) in [6.07, 6.45) is 6.17. The van der Waals surface area contributed by atoms with Crippen molar-refractivity contribution in [2.24, 2.45) is 0 Å². The Bertz CT molecular complexity index is 431. The van der Waals surface area contributed by atoms with E-state index in [1.54, 1.807) is 13.0 Å². The van der Waals surface area contributed by atoms with Crippen molar-refractivity contribution in [2.45, 2.75) is 65.3 Å². The summed E-state index contributed by atoms with van der Waals surface area (Å²) in [5.41, 5.74) is 0.816. The molecule has 0 aliphatic rings. The molecule has 0 radical (unpaired) electrons. The lowest BCUT2D eigenvalue weighted by Crippen LogP contribution is -2.17. The van der Waals surface area contributed by atoms with Gasteiger partial charge in [-0.1, -0.05) is 32.6 Å². The second-order valence-electron chi connectivity index (χ2n) is 5.04. The van der Waals surface area contributed by atoms with E-state index in [0.717, 1.165) is 18.5 Å². The number of Topliss-reactive ketones (excluding diaryl/α,β-unsaturated/α-hetero) is 1. The summed E-state index contributed by atoms with van der Waals surface area (Å²) >= 11 is 0. The smallest absolute Gasteiger partial charge is 0.264 e. The molecule has 0 spiro atoms. The molecular weight excluding hydrogens is 228 g/mol. The van der Waals surface area contributed by atoms with Crippen LogP contribution in [0.3, 0.4) is 0 Å². The van der Waals surface area contributed by atoms with Crippen LogP contribution in [0.2, 0.25) is 0 Å². The Balaban J connectivity index is 2.68. The van der Waals surface area contributed by atoms with Crippen molar-refractivity contribution < 1.29 is 4.79 Å². The summed E-state index contributed by atoms with van der Waals surface area (Å²) in [5, 5.41) is 2.80. The molecule has 4 heteroatoms. The van der Waals surface area contributed by atoms with E-state index in [9.17, 15) is 9.59 Å². The highest BCUT2D eigenvalue weighted by Crippen LogP contribution is 2.20. The van der Waals surface area contributed by atoms with Crippen LogP contribution in [0.25, 0.3) is 0 Å². The van der Waals surface area contributed by atoms with Crippen LogP contribution < -0.4 is 5.56 Å². The van der Waals surface area contributed by atoms with Crippen molar-refractivity contribution in [3.8, 4) is 0 Å². The summed E-state index contributed by atoms with van der Waals surface area (Å²) < 4.78 is 1.86. The van der Waals surface area contributed by atoms with E-state index in [-0.39, 0.29) is 17.4 Å². The maximum atomic E-state index is 11.3. The van der Waals surface area contributed by atoms with Gasteiger partial charge in [0.05, 0.1) is 6.04 Å². The molecule has 102 valence electrons. The second kappa shape index (κ2) is 7.19. The van der Waals surface area contributed by atoms with Crippen LogP contribution in [-0.4, -0.2) is 15.6 Å². The summed E-state index contributed by atoms with van der Waals surface area (Å²) in [7, 11) is 0. The molecule has 0 fully saturated rings. The zero-order valence-corrected chi connectivity index (χ0v) is 11.7. The average Bonchev–Trinajstić information content (AvgIpc) is 2.62. The van der Waals surface area contributed by atoms with Gasteiger partial charge in [0.2, 0.25) is 0 Å². The average molecular weight is 252 g/mol. The number of nitrogens with one attached hydrogen (secondary N) is 1. The van der Waals surface area contributed by atoms with Crippen molar-refractivity contribution in [3.63, 3.8) is 0 Å². The van der Waals surface area contributed by atoms with Gasteiger partial charge >= 0.3 is 0 Å². The molecular formula is C14H24N2O2. The van der Waals surface area contributed by atoms with Crippen LogP contribution in [0, 0.1) is 6.92 Å². The molecule has 0 aliphatic heterocycles. The number of hydrogen-bond donors (Lipinski definition) is 1. The predicted octanol–water partition coefficient (Wildman–Crippen LogP) is 2.98. The van der Waals surface area contributed by atoms with E-state index in [2.05, 4.69) is 12.0 Å². The van der Waals surface area contributed by atoms with E-state index in [1.165, 1.54) is 19.3 Å². The lowest BCUT2D eigenvalue weighted by Gasteiger charge is -2.18. The molecule has 1 aromatic rings. The van der Waals surface area contributed by atoms with Crippen molar-refractivity contribution in [1.82, 2.24) is 9.78 Å². The van der Waals surface area contributed by atoms with Crippen molar-refractivity contribution in [2.75, 3.05) is 0 Å². The molecule has 0 saturated heterocycles. The monoisotopic (exact) mass is 252 g/mol. The first-order valence-corrected chi connectivity index (χ1v) is 6.82. The van der Waals surface area contributed by atoms with Crippen LogP contribution in [-0.2, 0) is 4.79 Å². The molecule has 18 heavy (non-hydrogen) atoms. The number of unbranched alkanes of at least 4 members (excludes halogenated alkanes) is 3. The van der Waals surface area contributed by atoms with Crippen molar-refractivity contribution >= 4 is 5.78 Å². The summed E-state index contributed by atoms with van der Waals surface area (Å²) in [6, 6.07) is 1.68. The normalized spacial score (nSPS) is 12.6. The Morgan fingerprint density at radius 3 is 2.61 bits per heavy atom. The molecule has 0 aromatic carbocycles. The number of nitrogens with zero attached hydrogens (tertiary/aromatic N) is 1. The Morgan fingerprint density at radius 2 is 2.11 bits per heavy atom. The number of ketones is 1. The number of carbonyl (C=O) groups is 1. The molecule has 0 unspecified atom stereocenters. The van der Waals surface area contributed by atoms with Crippen LogP contribution >= 0.6 is 0 Å². The highest BCUT2D eigenvalue weighted by molar-refractivity contribution is 5.75. The lowest BCUT2D eigenvalue weighted by molar-refractivity contribution is -0.117. The minimum Gasteiger partial charge on any atom is -0.300 e. The van der Waals surface area contributed by atoms with E-state index in [4.69, 9.17) is 0 Å². The van der Waals surface area contributed by atoms with Gasteiger partial charge in [-0.05, 0) is 20.3 Å². The Hall–Kier alpha value is -1.32. The maximum Gasteiger partial charge on any atom is 0.264 e. The van der Waals surface area contributed by atoms with Gasteiger partial charge in [0.15, 0.2) is 0 Å². The fourth-order valence-corrected chi connectivity index (χ4v) is 2.34. The van der Waals surface area contributed by atoms with Crippen LogP contribution in [0.4, 0.5) is 0 Å². The molecule has 1 atom stereocenters. The second-order valence-corrected chi connectivity index (χ2v) is 5.04. The van der Waals surface area contributed by atoms with Crippen molar-refractivity contribution in [1.29, 1.82) is 0 Å². The summed E-state index contributed by atoms with van der Waals surface area (Å²) in [4.78, 5) is 22.6. The number of carbonyl (C=O) groups excluding carboxylic acids is 1. The number of hydrogen-bond acceptors (Lipinski definition) is 2. The van der Waals surface area contributed by atoms with Gasteiger partial charge in [-0.15, -0.1) is 0 Å². The quantitative estimate of drug-likeness (QED) is 0.723. The molecule has 1 heterocycles. The van der Waals surface area contributed by atoms with Gasteiger partial charge in [0.1, 0.15) is 5.78 Å². The molecule has 0 aliphatic carbocycles. The number of aromatic nitrogens is 2. The summed E-state index contributed by atoms with van der Waals surface area (Å²) in [6.45, 7) is 5.69. The summed E-state index contributed by atoms with van der Waals surface area (Å²) in [5.74, 6) is 0.171. The van der Waals surface area contributed by atoms with E-state index in [0.29, 0.717) is 6.42 Å². The number of aromatic amines is 1. The molecule has 1 aromatic heterocycles. The maximum absolute atomic E-state index is 11.3. The van der Waals surface area contributed by atoms with Gasteiger partial charge in [-0.3, -0.25) is 19.4 Å².